The highest BCUT2D eigenvalue weighted by molar-refractivity contribution is 7.98. The van der Waals surface area contributed by atoms with Crippen molar-refractivity contribution in [3.8, 4) is 11.1 Å². The van der Waals surface area contributed by atoms with Crippen LogP contribution in [0.5, 0.6) is 0 Å². The van der Waals surface area contributed by atoms with Crippen molar-refractivity contribution in [2.45, 2.75) is 30.8 Å². The lowest BCUT2D eigenvalue weighted by molar-refractivity contribution is -0.153. The molecule has 0 bridgehead atoms. The Balaban J connectivity index is 1.53. The van der Waals surface area contributed by atoms with Gasteiger partial charge in [-0.2, -0.15) is 0 Å². The van der Waals surface area contributed by atoms with Crippen molar-refractivity contribution < 1.29 is 19.1 Å². The van der Waals surface area contributed by atoms with E-state index < -0.39 is 18.0 Å². The van der Waals surface area contributed by atoms with Gasteiger partial charge >= 0.3 is 5.97 Å². The zero-order chi connectivity index (χ0) is 22.9. The molecule has 3 aromatic rings. The van der Waals surface area contributed by atoms with E-state index in [0.717, 1.165) is 16.0 Å². The van der Waals surface area contributed by atoms with Gasteiger partial charge in [0, 0.05) is 28.1 Å². The number of nitrogens with one attached hydrogen (secondary N) is 1. The largest absolute Gasteiger partial charge is 0.453 e. The van der Waals surface area contributed by atoms with E-state index in [4.69, 9.17) is 4.74 Å². The highest BCUT2D eigenvalue weighted by atomic mass is 32.2. The average Bonchev–Trinajstić information content (AvgIpc) is 2.83. The first-order chi connectivity index (χ1) is 15.5. The van der Waals surface area contributed by atoms with Crippen molar-refractivity contribution in [1.82, 2.24) is 0 Å². The minimum absolute atomic E-state index is 0.0304. The molecule has 0 heterocycles. The number of hydrogen-bond donors (Lipinski definition) is 1. The molecule has 0 saturated heterocycles. The van der Waals surface area contributed by atoms with Crippen LogP contribution in [0.1, 0.15) is 30.1 Å². The number of carbonyl (C=O) groups is 3. The lowest BCUT2D eigenvalue weighted by Crippen LogP contribution is -2.30. The lowest BCUT2D eigenvalue weighted by Gasteiger charge is -2.16. The quantitative estimate of drug-likeness (QED) is 0.262. The van der Waals surface area contributed by atoms with Gasteiger partial charge in [0.25, 0.3) is 5.91 Å². The highest BCUT2D eigenvalue weighted by Gasteiger charge is 2.20. The zero-order valence-corrected chi connectivity index (χ0v) is 18.9. The fraction of sp³-hybridized carbons (Fsp3) is 0.192. The maximum atomic E-state index is 12.6. The number of ether oxygens (including phenoxy) is 1. The van der Waals surface area contributed by atoms with Crippen molar-refractivity contribution in [2.75, 3.05) is 11.6 Å². The minimum atomic E-state index is -0.984. The number of rotatable bonds is 9. The van der Waals surface area contributed by atoms with Crippen molar-refractivity contribution >= 4 is 35.1 Å². The third kappa shape index (κ3) is 6.31. The Bertz CT molecular complexity index is 1080. The number of Topliss-reactive ketones (excluding diaryl/α,β-unsaturated/α-hetero) is 1. The Morgan fingerprint density at radius 2 is 1.53 bits per heavy atom. The van der Waals surface area contributed by atoms with E-state index in [2.05, 4.69) is 5.32 Å². The summed E-state index contributed by atoms with van der Waals surface area (Å²) in [5.41, 5.74) is 3.03. The fourth-order valence-corrected chi connectivity index (χ4v) is 3.55. The van der Waals surface area contributed by atoms with Gasteiger partial charge in [0.2, 0.25) is 0 Å². The van der Waals surface area contributed by atoms with Crippen LogP contribution >= 0.6 is 11.8 Å². The molecule has 0 aliphatic rings. The van der Waals surface area contributed by atoms with E-state index in [9.17, 15) is 14.4 Å². The third-order valence-corrected chi connectivity index (χ3v) is 5.66. The summed E-state index contributed by atoms with van der Waals surface area (Å²) >= 11 is 1.59. The van der Waals surface area contributed by atoms with Crippen molar-refractivity contribution in [1.29, 1.82) is 0 Å². The van der Waals surface area contributed by atoms with Gasteiger partial charge in [0.1, 0.15) is 0 Å². The second-order valence-electron chi connectivity index (χ2n) is 7.18. The highest BCUT2D eigenvalue weighted by Crippen LogP contribution is 2.27. The summed E-state index contributed by atoms with van der Waals surface area (Å²) in [7, 11) is 0. The van der Waals surface area contributed by atoms with Crippen LogP contribution in [0, 0.1) is 0 Å². The number of carbonyl (C=O) groups excluding carboxylic acids is 3. The van der Waals surface area contributed by atoms with E-state index in [1.54, 1.807) is 30.0 Å². The fourth-order valence-electron chi connectivity index (χ4n) is 3.14. The molecule has 0 aromatic heterocycles. The maximum Gasteiger partial charge on any atom is 0.307 e. The van der Waals surface area contributed by atoms with Gasteiger partial charge in [-0.05, 0) is 36.9 Å². The summed E-state index contributed by atoms with van der Waals surface area (Å²) in [4.78, 5) is 38.1. The monoisotopic (exact) mass is 447 g/mol. The van der Waals surface area contributed by atoms with Gasteiger partial charge in [-0.25, -0.2) is 0 Å². The van der Waals surface area contributed by atoms with Gasteiger partial charge in [-0.15, -0.1) is 11.8 Å². The second kappa shape index (κ2) is 11.3. The predicted octanol–water partition coefficient (Wildman–Crippen LogP) is 5.61. The van der Waals surface area contributed by atoms with Crippen molar-refractivity contribution in [3.05, 3.63) is 84.4 Å². The molecule has 5 nitrogen and oxygen atoms in total. The minimum Gasteiger partial charge on any atom is -0.453 e. The maximum absolute atomic E-state index is 12.6. The van der Waals surface area contributed by atoms with Gasteiger partial charge < -0.3 is 10.1 Å². The first-order valence-corrected chi connectivity index (χ1v) is 11.5. The molecule has 6 heteroatoms. The topological polar surface area (TPSA) is 72.5 Å². The molecule has 1 atom stereocenters. The number of amides is 1. The molecule has 3 aromatic carbocycles. The Hall–Kier alpha value is -3.38. The molecule has 0 fully saturated rings. The standard InChI is InChI=1S/C26H25NO4S/c1-18(31-25(29)17-16-24(28)20-12-14-21(32-2)15-13-20)26(30)27-23-11-7-6-10-22(23)19-8-4-3-5-9-19/h3-15,18H,16-17H2,1-2H3,(H,27,30). The van der Waals surface area contributed by atoms with Crippen LogP contribution in [0.15, 0.2) is 83.8 Å². The molecule has 1 N–H and O–H groups in total. The third-order valence-electron chi connectivity index (χ3n) is 4.92. The number of anilines is 1. The van der Waals surface area contributed by atoms with Crippen molar-refractivity contribution in [3.63, 3.8) is 0 Å². The predicted molar refractivity (Wildman–Crippen MR) is 128 cm³/mol. The molecule has 0 saturated carbocycles. The SMILES string of the molecule is CSc1ccc(C(=O)CCC(=O)OC(C)C(=O)Nc2ccccc2-c2ccccc2)cc1. The van der Waals surface area contributed by atoms with Gasteiger partial charge in [-0.1, -0.05) is 60.7 Å². The Labute approximate surface area is 192 Å². The van der Waals surface area contributed by atoms with E-state index in [0.29, 0.717) is 11.3 Å². The van der Waals surface area contributed by atoms with Crippen LogP contribution in [0.3, 0.4) is 0 Å². The molecule has 1 amide bonds. The summed E-state index contributed by atoms with van der Waals surface area (Å²) in [6.45, 7) is 1.52. The summed E-state index contributed by atoms with van der Waals surface area (Å²) in [5.74, 6) is -1.15. The molecule has 164 valence electrons. The molecular weight excluding hydrogens is 422 g/mol. The number of hydrogen-bond acceptors (Lipinski definition) is 5. The van der Waals surface area contributed by atoms with Crippen LogP contribution in [0.2, 0.25) is 0 Å². The number of para-hydroxylation sites is 1. The summed E-state index contributed by atoms with van der Waals surface area (Å²) < 4.78 is 5.25. The van der Waals surface area contributed by atoms with E-state index in [1.165, 1.54) is 6.92 Å². The summed E-state index contributed by atoms with van der Waals surface area (Å²) in [6, 6.07) is 24.4. The summed E-state index contributed by atoms with van der Waals surface area (Å²) in [6.07, 6.45) is 0.927. The van der Waals surface area contributed by atoms with Gasteiger partial charge in [0.15, 0.2) is 11.9 Å². The van der Waals surface area contributed by atoms with Crippen LogP contribution in [0.25, 0.3) is 11.1 Å². The van der Waals surface area contributed by atoms with Crippen molar-refractivity contribution in [2.24, 2.45) is 0 Å². The molecule has 0 aliphatic carbocycles. The molecule has 0 spiro atoms. The smallest absolute Gasteiger partial charge is 0.307 e. The van der Waals surface area contributed by atoms with Gasteiger partial charge in [-0.3, -0.25) is 14.4 Å². The lowest BCUT2D eigenvalue weighted by atomic mass is 10.0. The van der Waals surface area contributed by atoms with Crippen LogP contribution in [0.4, 0.5) is 5.69 Å². The Morgan fingerprint density at radius 3 is 2.22 bits per heavy atom. The normalized spacial score (nSPS) is 11.4. The molecule has 0 aliphatic heterocycles. The number of benzene rings is 3. The molecule has 0 radical (unpaired) electrons. The number of thioether (sulfide) groups is 1. The van der Waals surface area contributed by atoms with E-state index >= 15 is 0 Å². The number of ketones is 1. The average molecular weight is 448 g/mol. The first-order valence-electron chi connectivity index (χ1n) is 10.3. The molecule has 1 unspecified atom stereocenters. The Morgan fingerprint density at radius 1 is 0.875 bits per heavy atom. The van der Waals surface area contributed by atoms with Crippen LogP contribution in [-0.2, 0) is 14.3 Å². The Kier molecular flexibility index (Phi) is 8.22. The molecular formula is C26H25NO4S. The second-order valence-corrected chi connectivity index (χ2v) is 8.06. The van der Waals surface area contributed by atoms with Crippen LogP contribution < -0.4 is 5.32 Å². The van der Waals surface area contributed by atoms with E-state index in [-0.39, 0.29) is 18.6 Å². The molecule has 3 rings (SSSR count). The van der Waals surface area contributed by atoms with E-state index in [1.807, 2.05) is 66.9 Å². The summed E-state index contributed by atoms with van der Waals surface area (Å²) in [5, 5.41) is 2.83. The zero-order valence-electron chi connectivity index (χ0n) is 18.0. The molecule has 32 heavy (non-hydrogen) atoms. The van der Waals surface area contributed by atoms with Gasteiger partial charge in [0.05, 0.1) is 6.42 Å². The first kappa shape index (κ1) is 23.3. The number of esters is 1. The van der Waals surface area contributed by atoms with Crippen LogP contribution in [-0.4, -0.2) is 30.0 Å².